The van der Waals surface area contributed by atoms with Gasteiger partial charge < -0.3 is 10.4 Å². The Hall–Kier alpha value is -1.61. The number of aliphatic hydroxyl groups excluding tert-OH is 1. The summed E-state index contributed by atoms with van der Waals surface area (Å²) in [4.78, 5) is 4.26. The molecule has 1 aromatic heterocycles. The predicted octanol–water partition coefficient (Wildman–Crippen LogP) is 1.98. The van der Waals surface area contributed by atoms with E-state index in [0.717, 1.165) is 16.6 Å². The molecule has 3 nitrogen and oxygen atoms in total. The van der Waals surface area contributed by atoms with Crippen LogP contribution in [0.3, 0.4) is 0 Å². The monoisotopic (exact) mass is 188 g/mol. The first-order chi connectivity index (χ1) is 6.77. The number of anilines is 1. The number of benzene rings is 1. The minimum absolute atomic E-state index is 0.567. The lowest BCUT2D eigenvalue weighted by molar-refractivity contribution is 0.224. The summed E-state index contributed by atoms with van der Waals surface area (Å²) >= 11 is 0. The molecule has 0 bridgehead atoms. The molecule has 2 N–H and O–H groups in total. The maximum Gasteiger partial charge on any atom is 0.121 e. The highest BCUT2D eigenvalue weighted by Crippen LogP contribution is 2.20. The maximum absolute atomic E-state index is 9.23. The van der Waals surface area contributed by atoms with Gasteiger partial charge in [0.1, 0.15) is 6.23 Å². The highest BCUT2D eigenvalue weighted by Gasteiger charge is 2.02. The van der Waals surface area contributed by atoms with Crippen LogP contribution in [0.25, 0.3) is 10.9 Å². The molecule has 2 aromatic rings. The van der Waals surface area contributed by atoms with Crippen molar-refractivity contribution in [3.8, 4) is 0 Å². The zero-order valence-corrected chi connectivity index (χ0v) is 7.94. The fourth-order valence-corrected chi connectivity index (χ4v) is 1.45. The van der Waals surface area contributed by atoms with Gasteiger partial charge in [-0.1, -0.05) is 18.2 Å². The Balaban J connectivity index is 2.53. The Labute approximate surface area is 82.4 Å². The summed E-state index contributed by atoms with van der Waals surface area (Å²) in [5.74, 6) is 0. The van der Waals surface area contributed by atoms with Crippen molar-refractivity contribution >= 4 is 16.6 Å². The molecule has 0 radical (unpaired) electrons. The number of hydrogen-bond donors (Lipinski definition) is 2. The molecule has 72 valence electrons. The van der Waals surface area contributed by atoms with Gasteiger partial charge in [-0.05, 0) is 19.1 Å². The summed E-state index contributed by atoms with van der Waals surface area (Å²) in [6.07, 6.45) is 1.18. The number of fused-ring (bicyclic) bond motifs is 1. The standard InChI is InChI=1S/C11H12N2O/c1-8(14)13-10-6-2-4-9-5-3-7-12-11(9)10/h2-8,13-14H,1H3. The van der Waals surface area contributed by atoms with Gasteiger partial charge in [-0.2, -0.15) is 0 Å². The van der Waals surface area contributed by atoms with Crippen LogP contribution < -0.4 is 5.32 Å². The van der Waals surface area contributed by atoms with Crippen LogP contribution >= 0.6 is 0 Å². The third-order valence-corrected chi connectivity index (χ3v) is 2.00. The average Bonchev–Trinajstić information content (AvgIpc) is 2.18. The van der Waals surface area contributed by atoms with Crippen LogP contribution in [0.1, 0.15) is 6.92 Å². The molecule has 1 atom stereocenters. The van der Waals surface area contributed by atoms with Crippen LogP contribution in [-0.4, -0.2) is 16.3 Å². The predicted molar refractivity (Wildman–Crippen MR) is 57.0 cm³/mol. The normalized spacial score (nSPS) is 12.7. The van der Waals surface area contributed by atoms with Gasteiger partial charge in [0, 0.05) is 11.6 Å². The molecule has 0 aliphatic heterocycles. The van der Waals surface area contributed by atoms with Crippen molar-refractivity contribution in [3.63, 3.8) is 0 Å². The van der Waals surface area contributed by atoms with E-state index in [2.05, 4.69) is 10.3 Å². The van der Waals surface area contributed by atoms with E-state index in [0.29, 0.717) is 0 Å². The van der Waals surface area contributed by atoms with Crippen molar-refractivity contribution in [2.75, 3.05) is 5.32 Å². The smallest absolute Gasteiger partial charge is 0.121 e. The first-order valence-electron chi connectivity index (χ1n) is 4.56. The molecular weight excluding hydrogens is 176 g/mol. The average molecular weight is 188 g/mol. The van der Waals surface area contributed by atoms with Crippen molar-refractivity contribution in [1.29, 1.82) is 0 Å². The first-order valence-corrected chi connectivity index (χ1v) is 4.56. The van der Waals surface area contributed by atoms with E-state index in [1.807, 2.05) is 30.3 Å². The second kappa shape index (κ2) is 3.64. The van der Waals surface area contributed by atoms with Crippen molar-refractivity contribution in [2.24, 2.45) is 0 Å². The van der Waals surface area contributed by atoms with E-state index in [-0.39, 0.29) is 0 Å². The lowest BCUT2D eigenvalue weighted by Gasteiger charge is -2.10. The second-order valence-corrected chi connectivity index (χ2v) is 3.20. The van der Waals surface area contributed by atoms with Crippen LogP contribution in [0.4, 0.5) is 5.69 Å². The van der Waals surface area contributed by atoms with E-state index in [1.165, 1.54) is 0 Å². The summed E-state index contributed by atoms with van der Waals surface area (Å²) in [5, 5.41) is 13.2. The SMILES string of the molecule is CC(O)Nc1cccc2cccnc12. The summed E-state index contributed by atoms with van der Waals surface area (Å²) in [6, 6.07) is 9.73. The molecule has 3 heteroatoms. The largest absolute Gasteiger partial charge is 0.374 e. The number of pyridine rings is 1. The van der Waals surface area contributed by atoms with Gasteiger partial charge in [0.25, 0.3) is 0 Å². The Morgan fingerprint density at radius 3 is 2.86 bits per heavy atom. The van der Waals surface area contributed by atoms with Gasteiger partial charge in [-0.25, -0.2) is 0 Å². The summed E-state index contributed by atoms with van der Waals surface area (Å²) < 4.78 is 0. The molecule has 0 spiro atoms. The lowest BCUT2D eigenvalue weighted by atomic mass is 10.2. The highest BCUT2D eigenvalue weighted by atomic mass is 16.3. The third kappa shape index (κ3) is 1.67. The molecule has 1 aromatic carbocycles. The number of para-hydroxylation sites is 1. The molecular formula is C11H12N2O. The Kier molecular flexibility index (Phi) is 2.33. The van der Waals surface area contributed by atoms with Crippen molar-refractivity contribution in [2.45, 2.75) is 13.2 Å². The van der Waals surface area contributed by atoms with Gasteiger partial charge in [0.2, 0.25) is 0 Å². The van der Waals surface area contributed by atoms with Crippen LogP contribution in [0.5, 0.6) is 0 Å². The molecule has 0 aliphatic carbocycles. The Morgan fingerprint density at radius 1 is 1.29 bits per heavy atom. The summed E-state index contributed by atoms with van der Waals surface area (Å²) in [5.41, 5.74) is 1.74. The topological polar surface area (TPSA) is 45.1 Å². The lowest BCUT2D eigenvalue weighted by Crippen LogP contribution is -2.13. The molecule has 1 unspecified atom stereocenters. The molecule has 0 fully saturated rings. The van der Waals surface area contributed by atoms with Crippen LogP contribution in [0.15, 0.2) is 36.5 Å². The van der Waals surface area contributed by atoms with Gasteiger partial charge in [0.05, 0.1) is 11.2 Å². The number of rotatable bonds is 2. The molecule has 0 saturated carbocycles. The molecule has 14 heavy (non-hydrogen) atoms. The van der Waals surface area contributed by atoms with Crippen molar-refractivity contribution < 1.29 is 5.11 Å². The van der Waals surface area contributed by atoms with Crippen LogP contribution in [-0.2, 0) is 0 Å². The number of hydrogen-bond acceptors (Lipinski definition) is 3. The quantitative estimate of drug-likeness (QED) is 0.708. The minimum Gasteiger partial charge on any atom is -0.374 e. The number of aliphatic hydroxyl groups is 1. The number of aromatic nitrogens is 1. The van der Waals surface area contributed by atoms with Crippen molar-refractivity contribution in [1.82, 2.24) is 4.98 Å². The fourth-order valence-electron chi connectivity index (χ4n) is 1.45. The Morgan fingerprint density at radius 2 is 2.07 bits per heavy atom. The van der Waals surface area contributed by atoms with Crippen LogP contribution in [0.2, 0.25) is 0 Å². The van der Waals surface area contributed by atoms with E-state index in [4.69, 9.17) is 0 Å². The highest BCUT2D eigenvalue weighted by molar-refractivity contribution is 5.90. The van der Waals surface area contributed by atoms with Gasteiger partial charge >= 0.3 is 0 Å². The first kappa shape index (κ1) is 8.97. The maximum atomic E-state index is 9.23. The van der Waals surface area contributed by atoms with Crippen molar-refractivity contribution in [3.05, 3.63) is 36.5 Å². The summed E-state index contributed by atoms with van der Waals surface area (Å²) in [7, 11) is 0. The van der Waals surface area contributed by atoms with E-state index < -0.39 is 6.23 Å². The second-order valence-electron chi connectivity index (χ2n) is 3.20. The third-order valence-electron chi connectivity index (χ3n) is 2.00. The van der Waals surface area contributed by atoms with E-state index in [9.17, 15) is 5.11 Å². The van der Waals surface area contributed by atoms with E-state index >= 15 is 0 Å². The van der Waals surface area contributed by atoms with Gasteiger partial charge in [0.15, 0.2) is 0 Å². The zero-order valence-electron chi connectivity index (χ0n) is 7.94. The number of nitrogens with zero attached hydrogens (tertiary/aromatic N) is 1. The molecule has 1 heterocycles. The van der Waals surface area contributed by atoms with Gasteiger partial charge in [-0.3, -0.25) is 4.98 Å². The fraction of sp³-hybridized carbons (Fsp3) is 0.182. The minimum atomic E-state index is -0.567. The number of nitrogens with one attached hydrogen (secondary N) is 1. The molecule has 0 aliphatic rings. The zero-order chi connectivity index (χ0) is 9.97. The molecule has 2 rings (SSSR count). The van der Waals surface area contributed by atoms with E-state index in [1.54, 1.807) is 13.1 Å². The Bertz CT molecular complexity index is 435. The van der Waals surface area contributed by atoms with Crippen LogP contribution in [0, 0.1) is 0 Å². The summed E-state index contributed by atoms with van der Waals surface area (Å²) in [6.45, 7) is 1.68. The molecule has 0 saturated heterocycles. The van der Waals surface area contributed by atoms with Gasteiger partial charge in [-0.15, -0.1) is 0 Å². The molecule has 0 amide bonds.